The summed E-state index contributed by atoms with van der Waals surface area (Å²) in [5.74, 6) is 4.43. The summed E-state index contributed by atoms with van der Waals surface area (Å²) in [6.45, 7) is 12.3. The molecule has 1 aliphatic rings. The van der Waals surface area contributed by atoms with Crippen molar-refractivity contribution in [2.75, 3.05) is 23.8 Å². The molecule has 0 spiro atoms. The first kappa shape index (κ1) is 15.1. The Balaban J connectivity index is 2.44. The molecule has 1 fully saturated rings. The molecular weight excluding hydrogens is 248 g/mol. The number of anilines is 2. The van der Waals surface area contributed by atoms with E-state index < -0.39 is 0 Å². The lowest BCUT2D eigenvalue weighted by Crippen LogP contribution is -2.46. The molecule has 0 radical (unpaired) electrons. The van der Waals surface area contributed by atoms with Crippen molar-refractivity contribution >= 4 is 11.6 Å². The summed E-state index contributed by atoms with van der Waals surface area (Å²) in [4.78, 5) is 11.9. The van der Waals surface area contributed by atoms with Gasteiger partial charge in [-0.2, -0.15) is 0 Å². The average Bonchev–Trinajstić information content (AvgIpc) is 2.43. The lowest BCUT2D eigenvalue weighted by molar-refractivity contribution is 0.295. The predicted octanol–water partition coefficient (Wildman–Crippen LogP) is 3.26. The molecule has 1 saturated heterocycles. The summed E-state index contributed by atoms with van der Waals surface area (Å²) in [7, 11) is 1.93. The van der Waals surface area contributed by atoms with Gasteiger partial charge in [-0.15, -0.1) is 0 Å². The van der Waals surface area contributed by atoms with Crippen molar-refractivity contribution in [3.05, 3.63) is 11.4 Å². The number of nitrogens with zero attached hydrogens (tertiary/aromatic N) is 3. The number of aryl methyl sites for hydroxylation is 1. The highest BCUT2D eigenvalue weighted by Crippen LogP contribution is 2.33. The molecule has 4 nitrogen and oxygen atoms in total. The van der Waals surface area contributed by atoms with Crippen LogP contribution in [0.5, 0.6) is 0 Å². The maximum atomic E-state index is 4.82. The molecule has 1 aromatic rings. The van der Waals surface area contributed by atoms with Gasteiger partial charge in [0.1, 0.15) is 17.5 Å². The van der Waals surface area contributed by atoms with Gasteiger partial charge < -0.3 is 10.2 Å². The minimum Gasteiger partial charge on any atom is -0.373 e. The lowest BCUT2D eigenvalue weighted by atomic mass is 9.86. The Labute approximate surface area is 123 Å². The maximum absolute atomic E-state index is 4.82. The van der Waals surface area contributed by atoms with E-state index in [0.29, 0.717) is 12.0 Å². The number of aromatic nitrogens is 2. The summed E-state index contributed by atoms with van der Waals surface area (Å²) in [5, 5.41) is 3.21. The molecular formula is C16H28N4. The predicted molar refractivity (Wildman–Crippen MR) is 85.4 cm³/mol. The molecule has 0 aromatic carbocycles. The number of nitrogens with one attached hydrogen (secondary N) is 1. The summed E-state index contributed by atoms with van der Waals surface area (Å²) in [6, 6.07) is 0.536. The Bertz CT molecular complexity index is 472. The third kappa shape index (κ3) is 2.74. The molecule has 0 aliphatic carbocycles. The molecule has 3 atom stereocenters. The second-order valence-corrected chi connectivity index (χ2v) is 6.25. The second-order valence-electron chi connectivity index (χ2n) is 6.25. The van der Waals surface area contributed by atoms with Gasteiger partial charge >= 0.3 is 0 Å². The van der Waals surface area contributed by atoms with Gasteiger partial charge in [0.15, 0.2) is 0 Å². The van der Waals surface area contributed by atoms with Crippen LogP contribution in [0.1, 0.15) is 45.5 Å². The molecule has 1 N–H and O–H groups in total. The van der Waals surface area contributed by atoms with Crippen molar-refractivity contribution in [2.24, 2.45) is 11.8 Å². The summed E-state index contributed by atoms with van der Waals surface area (Å²) in [6.07, 6.45) is 2.18. The number of hydrogen-bond acceptors (Lipinski definition) is 4. The van der Waals surface area contributed by atoms with Crippen molar-refractivity contribution in [3.63, 3.8) is 0 Å². The highest BCUT2D eigenvalue weighted by Gasteiger charge is 2.31. The van der Waals surface area contributed by atoms with Crippen LogP contribution < -0.4 is 10.2 Å². The van der Waals surface area contributed by atoms with Crippen molar-refractivity contribution in [3.8, 4) is 0 Å². The van der Waals surface area contributed by atoms with E-state index in [9.17, 15) is 0 Å². The summed E-state index contributed by atoms with van der Waals surface area (Å²) in [5.41, 5.74) is 1.16. The molecule has 2 rings (SSSR count). The standard InChI is InChI=1S/C16H28N4/c1-7-14-18-15(17-6)12(4)16(19-14)20-9-10(2)8-11(3)13(20)5/h10-11,13H,7-9H2,1-6H3,(H,17,18,19). The van der Waals surface area contributed by atoms with Crippen molar-refractivity contribution in [2.45, 2.75) is 53.5 Å². The summed E-state index contributed by atoms with van der Waals surface area (Å²) < 4.78 is 0. The molecule has 0 amide bonds. The SMILES string of the molecule is CCc1nc(NC)c(C)c(N2CC(C)CC(C)C2C)n1. The number of piperidine rings is 1. The smallest absolute Gasteiger partial charge is 0.137 e. The third-order valence-electron chi connectivity index (χ3n) is 4.59. The first-order chi connectivity index (χ1) is 9.47. The van der Waals surface area contributed by atoms with E-state index in [1.54, 1.807) is 0 Å². The van der Waals surface area contributed by atoms with Crippen LogP contribution in [0.25, 0.3) is 0 Å². The zero-order valence-electron chi connectivity index (χ0n) is 13.7. The van der Waals surface area contributed by atoms with Gasteiger partial charge in [0.05, 0.1) is 0 Å². The van der Waals surface area contributed by atoms with Crippen LogP contribution in [0.3, 0.4) is 0 Å². The van der Waals surface area contributed by atoms with Gasteiger partial charge in [-0.3, -0.25) is 0 Å². The Hall–Kier alpha value is -1.32. The first-order valence-corrected chi connectivity index (χ1v) is 7.79. The lowest BCUT2D eigenvalue weighted by Gasteiger charge is -2.42. The molecule has 20 heavy (non-hydrogen) atoms. The van der Waals surface area contributed by atoms with Gasteiger partial charge in [-0.1, -0.05) is 20.8 Å². The normalized spacial score (nSPS) is 26.7. The molecule has 1 aliphatic heterocycles. The Kier molecular flexibility index (Phi) is 4.51. The van der Waals surface area contributed by atoms with E-state index in [1.165, 1.54) is 6.42 Å². The minimum absolute atomic E-state index is 0.536. The topological polar surface area (TPSA) is 41.1 Å². The van der Waals surface area contributed by atoms with Crippen molar-refractivity contribution in [1.29, 1.82) is 0 Å². The summed E-state index contributed by atoms with van der Waals surface area (Å²) >= 11 is 0. The van der Waals surface area contributed by atoms with Gasteiger partial charge in [0.2, 0.25) is 0 Å². The first-order valence-electron chi connectivity index (χ1n) is 7.79. The van der Waals surface area contributed by atoms with E-state index in [2.05, 4.69) is 49.8 Å². The largest absolute Gasteiger partial charge is 0.373 e. The molecule has 0 saturated carbocycles. The average molecular weight is 276 g/mol. The van der Waals surface area contributed by atoms with E-state index in [-0.39, 0.29) is 0 Å². The van der Waals surface area contributed by atoms with Crippen LogP contribution in [0, 0.1) is 18.8 Å². The van der Waals surface area contributed by atoms with E-state index in [1.807, 2.05) is 7.05 Å². The highest BCUT2D eigenvalue weighted by molar-refractivity contribution is 5.59. The molecule has 2 heterocycles. The maximum Gasteiger partial charge on any atom is 0.137 e. The fourth-order valence-electron chi connectivity index (χ4n) is 3.23. The monoisotopic (exact) mass is 276 g/mol. The van der Waals surface area contributed by atoms with Crippen LogP contribution >= 0.6 is 0 Å². The minimum atomic E-state index is 0.536. The highest BCUT2D eigenvalue weighted by atomic mass is 15.2. The van der Waals surface area contributed by atoms with Crippen molar-refractivity contribution < 1.29 is 0 Å². The van der Waals surface area contributed by atoms with Crippen LogP contribution in [0.4, 0.5) is 11.6 Å². The Morgan fingerprint density at radius 3 is 2.55 bits per heavy atom. The van der Waals surface area contributed by atoms with Gasteiger partial charge in [0, 0.05) is 31.6 Å². The fraction of sp³-hybridized carbons (Fsp3) is 0.750. The van der Waals surface area contributed by atoms with Gasteiger partial charge in [0.25, 0.3) is 0 Å². The number of hydrogen-bond donors (Lipinski definition) is 1. The fourth-order valence-corrected chi connectivity index (χ4v) is 3.23. The van der Waals surface area contributed by atoms with E-state index in [0.717, 1.165) is 41.9 Å². The molecule has 112 valence electrons. The zero-order chi connectivity index (χ0) is 14.9. The number of rotatable bonds is 3. The van der Waals surface area contributed by atoms with Crippen LogP contribution in [0.2, 0.25) is 0 Å². The van der Waals surface area contributed by atoms with Crippen molar-refractivity contribution in [1.82, 2.24) is 9.97 Å². The van der Waals surface area contributed by atoms with Crippen LogP contribution in [0.15, 0.2) is 0 Å². The Morgan fingerprint density at radius 1 is 1.25 bits per heavy atom. The van der Waals surface area contributed by atoms with E-state index in [4.69, 9.17) is 4.98 Å². The quantitative estimate of drug-likeness (QED) is 0.920. The second kappa shape index (κ2) is 5.98. The van der Waals surface area contributed by atoms with Crippen LogP contribution in [-0.4, -0.2) is 29.6 Å². The molecule has 3 unspecified atom stereocenters. The molecule has 4 heteroatoms. The Morgan fingerprint density at radius 2 is 1.95 bits per heavy atom. The van der Waals surface area contributed by atoms with Crippen LogP contribution in [-0.2, 0) is 6.42 Å². The van der Waals surface area contributed by atoms with Gasteiger partial charge in [-0.05, 0) is 32.1 Å². The van der Waals surface area contributed by atoms with Gasteiger partial charge in [-0.25, -0.2) is 9.97 Å². The zero-order valence-corrected chi connectivity index (χ0v) is 13.7. The van der Waals surface area contributed by atoms with E-state index >= 15 is 0 Å². The molecule has 1 aromatic heterocycles. The molecule has 0 bridgehead atoms. The third-order valence-corrected chi connectivity index (χ3v) is 4.59.